The summed E-state index contributed by atoms with van der Waals surface area (Å²) >= 11 is 0. The average Bonchev–Trinajstić information content (AvgIpc) is 2.50. The molecule has 20 heavy (non-hydrogen) atoms. The Bertz CT molecular complexity index is 585. The zero-order valence-electron chi connectivity index (χ0n) is 11.2. The van der Waals surface area contributed by atoms with Gasteiger partial charge < -0.3 is 15.2 Å². The second-order valence-corrected chi connectivity index (χ2v) is 4.08. The number of anilines is 1. The molecule has 1 aromatic carbocycles. The first kappa shape index (κ1) is 14.0. The lowest BCUT2D eigenvalue weighted by Gasteiger charge is -2.11. The molecule has 5 heteroatoms. The first-order valence-corrected chi connectivity index (χ1v) is 6.33. The Morgan fingerprint density at radius 2 is 2.20 bits per heavy atom. The molecule has 2 N–H and O–H groups in total. The minimum atomic E-state index is -0.293. The number of nitrogens with zero attached hydrogens (tertiary/aromatic N) is 1. The molecule has 0 saturated carbocycles. The lowest BCUT2D eigenvalue weighted by atomic mass is 10.2. The third-order valence-corrected chi connectivity index (χ3v) is 2.69. The van der Waals surface area contributed by atoms with Crippen LogP contribution in [0.25, 0.3) is 0 Å². The normalized spacial score (nSPS) is 10.1. The summed E-state index contributed by atoms with van der Waals surface area (Å²) in [6.45, 7) is 2.24. The van der Waals surface area contributed by atoms with Crippen LogP contribution in [0.2, 0.25) is 0 Å². The number of carbonyl (C=O) groups excluding carboxylic acids is 1. The minimum Gasteiger partial charge on any atom is -0.494 e. The number of amides is 1. The van der Waals surface area contributed by atoms with Gasteiger partial charge in [-0.1, -0.05) is 6.07 Å². The minimum absolute atomic E-state index is 0.150. The maximum Gasteiger partial charge on any atom is 0.274 e. The summed E-state index contributed by atoms with van der Waals surface area (Å²) in [5.41, 5.74) is 1.56. The first-order valence-electron chi connectivity index (χ1n) is 6.33. The summed E-state index contributed by atoms with van der Waals surface area (Å²) in [4.78, 5) is 15.9. The van der Waals surface area contributed by atoms with Crippen LogP contribution in [0.3, 0.4) is 0 Å². The van der Waals surface area contributed by atoms with Crippen LogP contribution in [0.4, 0.5) is 5.69 Å². The van der Waals surface area contributed by atoms with Crippen molar-refractivity contribution in [2.75, 3.05) is 11.9 Å². The maximum atomic E-state index is 12.0. The van der Waals surface area contributed by atoms with Crippen molar-refractivity contribution in [3.8, 4) is 5.75 Å². The van der Waals surface area contributed by atoms with Gasteiger partial charge in [0.25, 0.3) is 5.91 Å². The van der Waals surface area contributed by atoms with Gasteiger partial charge in [0.1, 0.15) is 11.4 Å². The Balaban J connectivity index is 2.16. The number of aliphatic hydroxyl groups is 1. The number of hydrogen-bond donors (Lipinski definition) is 2. The quantitative estimate of drug-likeness (QED) is 0.875. The summed E-state index contributed by atoms with van der Waals surface area (Å²) in [7, 11) is 0. The van der Waals surface area contributed by atoms with Gasteiger partial charge in [-0.15, -0.1) is 0 Å². The van der Waals surface area contributed by atoms with Crippen molar-refractivity contribution < 1.29 is 14.6 Å². The molecular formula is C15H16N2O3. The molecule has 5 nitrogen and oxygen atoms in total. The Labute approximate surface area is 117 Å². The van der Waals surface area contributed by atoms with Crippen LogP contribution >= 0.6 is 0 Å². The number of carbonyl (C=O) groups is 1. The number of pyridine rings is 1. The molecule has 0 radical (unpaired) electrons. The van der Waals surface area contributed by atoms with Crippen LogP contribution < -0.4 is 10.1 Å². The van der Waals surface area contributed by atoms with Gasteiger partial charge in [0.2, 0.25) is 0 Å². The second kappa shape index (κ2) is 6.68. The molecule has 0 spiro atoms. The lowest BCUT2D eigenvalue weighted by molar-refractivity contribution is 0.102. The van der Waals surface area contributed by atoms with Gasteiger partial charge in [0.15, 0.2) is 0 Å². The fourth-order valence-electron chi connectivity index (χ4n) is 1.77. The Kier molecular flexibility index (Phi) is 4.68. The van der Waals surface area contributed by atoms with Crippen LogP contribution in [0.5, 0.6) is 5.75 Å². The summed E-state index contributed by atoms with van der Waals surface area (Å²) in [6.07, 6.45) is 1.56. The summed E-state index contributed by atoms with van der Waals surface area (Å²) in [5, 5.41) is 12.0. The third-order valence-electron chi connectivity index (χ3n) is 2.69. The first-order chi connectivity index (χ1) is 9.74. The Morgan fingerprint density at radius 1 is 1.35 bits per heavy atom. The van der Waals surface area contributed by atoms with Crippen molar-refractivity contribution in [2.45, 2.75) is 13.5 Å². The molecule has 0 saturated heterocycles. The number of aromatic nitrogens is 1. The van der Waals surface area contributed by atoms with E-state index in [2.05, 4.69) is 10.3 Å². The van der Waals surface area contributed by atoms with E-state index in [1.54, 1.807) is 42.6 Å². The van der Waals surface area contributed by atoms with Crippen molar-refractivity contribution in [3.63, 3.8) is 0 Å². The van der Waals surface area contributed by atoms with Gasteiger partial charge >= 0.3 is 0 Å². The third kappa shape index (κ3) is 3.33. The lowest BCUT2D eigenvalue weighted by Crippen LogP contribution is -2.13. The molecule has 2 rings (SSSR count). The van der Waals surface area contributed by atoms with E-state index in [9.17, 15) is 9.90 Å². The smallest absolute Gasteiger partial charge is 0.274 e. The largest absolute Gasteiger partial charge is 0.494 e. The van der Waals surface area contributed by atoms with Crippen LogP contribution in [-0.2, 0) is 6.61 Å². The fourth-order valence-corrected chi connectivity index (χ4v) is 1.77. The summed E-state index contributed by atoms with van der Waals surface area (Å²) in [6, 6.07) is 10.3. The van der Waals surface area contributed by atoms with E-state index in [0.29, 0.717) is 29.3 Å². The number of nitrogens with one attached hydrogen (secondary N) is 1. The Morgan fingerprint density at radius 3 is 2.85 bits per heavy atom. The van der Waals surface area contributed by atoms with Crippen molar-refractivity contribution in [3.05, 3.63) is 53.9 Å². The van der Waals surface area contributed by atoms with Crippen LogP contribution in [0.15, 0.2) is 42.6 Å². The standard InChI is InChI=1S/C15H16N2O3/c1-2-20-14-7-6-12(9-11(14)10-18)17-15(19)13-5-3-4-8-16-13/h3-9,18H,2,10H2,1H3,(H,17,19). The molecule has 0 aliphatic carbocycles. The predicted molar refractivity (Wildman–Crippen MR) is 75.7 cm³/mol. The highest BCUT2D eigenvalue weighted by atomic mass is 16.5. The molecule has 0 aliphatic heterocycles. The number of hydrogen-bond acceptors (Lipinski definition) is 4. The molecule has 0 bridgehead atoms. The van der Waals surface area contributed by atoms with Gasteiger partial charge in [0, 0.05) is 17.4 Å². The molecule has 104 valence electrons. The van der Waals surface area contributed by atoms with Crippen molar-refractivity contribution in [1.29, 1.82) is 0 Å². The highest BCUT2D eigenvalue weighted by Gasteiger charge is 2.09. The van der Waals surface area contributed by atoms with Gasteiger partial charge in [0.05, 0.1) is 13.2 Å². The molecule has 0 unspecified atom stereocenters. The van der Waals surface area contributed by atoms with Crippen molar-refractivity contribution in [1.82, 2.24) is 4.98 Å². The van der Waals surface area contributed by atoms with Crippen LogP contribution in [0, 0.1) is 0 Å². The van der Waals surface area contributed by atoms with E-state index in [1.165, 1.54) is 0 Å². The van der Waals surface area contributed by atoms with Crippen LogP contribution in [-0.4, -0.2) is 22.6 Å². The molecule has 1 amide bonds. The monoisotopic (exact) mass is 272 g/mol. The van der Waals surface area contributed by atoms with Gasteiger partial charge in [-0.3, -0.25) is 9.78 Å². The summed E-state index contributed by atoms with van der Waals surface area (Å²) < 4.78 is 5.39. The van der Waals surface area contributed by atoms with Crippen molar-refractivity contribution >= 4 is 11.6 Å². The van der Waals surface area contributed by atoms with Crippen molar-refractivity contribution in [2.24, 2.45) is 0 Å². The maximum absolute atomic E-state index is 12.0. The summed E-state index contributed by atoms with van der Waals surface area (Å²) in [5.74, 6) is 0.324. The molecule has 1 heterocycles. The number of rotatable bonds is 5. The molecular weight excluding hydrogens is 256 g/mol. The molecule has 1 aromatic heterocycles. The molecule has 0 fully saturated rings. The van der Waals surface area contributed by atoms with Crippen LogP contribution in [0.1, 0.15) is 23.0 Å². The highest BCUT2D eigenvalue weighted by Crippen LogP contribution is 2.23. The average molecular weight is 272 g/mol. The van der Waals surface area contributed by atoms with Gasteiger partial charge in [-0.2, -0.15) is 0 Å². The topological polar surface area (TPSA) is 71.5 Å². The number of aliphatic hydroxyl groups excluding tert-OH is 1. The second-order valence-electron chi connectivity index (χ2n) is 4.08. The van der Waals surface area contributed by atoms with E-state index in [-0.39, 0.29) is 12.5 Å². The van der Waals surface area contributed by atoms with E-state index in [4.69, 9.17) is 4.74 Å². The zero-order valence-corrected chi connectivity index (χ0v) is 11.2. The van der Waals surface area contributed by atoms with Gasteiger partial charge in [-0.05, 0) is 37.3 Å². The fraction of sp³-hybridized carbons (Fsp3) is 0.200. The molecule has 0 atom stereocenters. The zero-order chi connectivity index (χ0) is 14.4. The molecule has 0 aliphatic rings. The highest BCUT2D eigenvalue weighted by molar-refractivity contribution is 6.02. The molecule has 2 aromatic rings. The van der Waals surface area contributed by atoms with E-state index in [0.717, 1.165) is 0 Å². The number of ether oxygens (including phenoxy) is 1. The Hall–Kier alpha value is -2.40. The van der Waals surface area contributed by atoms with E-state index in [1.807, 2.05) is 6.92 Å². The SMILES string of the molecule is CCOc1ccc(NC(=O)c2ccccn2)cc1CO. The van der Waals surface area contributed by atoms with Gasteiger partial charge in [-0.25, -0.2) is 0 Å². The van der Waals surface area contributed by atoms with E-state index >= 15 is 0 Å². The predicted octanol–water partition coefficient (Wildman–Crippen LogP) is 2.22. The number of benzene rings is 1. The van der Waals surface area contributed by atoms with E-state index < -0.39 is 0 Å².